The number of hydrogen-bond donors (Lipinski definition) is 1. The second kappa shape index (κ2) is 8.11. The molecule has 4 rings (SSSR count). The van der Waals surface area contributed by atoms with E-state index in [-0.39, 0.29) is 5.82 Å². The number of nitrogens with one attached hydrogen (secondary N) is 1. The van der Waals surface area contributed by atoms with Gasteiger partial charge in [-0.15, -0.1) is 0 Å². The predicted octanol–water partition coefficient (Wildman–Crippen LogP) is 4.00. The highest BCUT2D eigenvalue weighted by Crippen LogP contribution is 2.24. The quantitative estimate of drug-likeness (QED) is 0.883. The van der Waals surface area contributed by atoms with Crippen LogP contribution in [0.1, 0.15) is 37.9 Å². The lowest BCUT2D eigenvalue weighted by Gasteiger charge is -2.37. The Morgan fingerprint density at radius 3 is 2.30 bits per heavy atom. The molecule has 2 heterocycles. The highest BCUT2D eigenvalue weighted by Gasteiger charge is 2.20. The van der Waals surface area contributed by atoms with Crippen molar-refractivity contribution in [3.05, 3.63) is 42.0 Å². The summed E-state index contributed by atoms with van der Waals surface area (Å²) in [5, 5.41) is 3.62. The van der Waals surface area contributed by atoms with Crippen LogP contribution in [0.5, 0.6) is 0 Å². The first kappa shape index (κ1) is 18.0. The highest BCUT2D eigenvalue weighted by atomic mass is 19.1. The average Bonchev–Trinajstić information content (AvgIpc) is 2.69. The Labute approximate surface area is 160 Å². The van der Waals surface area contributed by atoms with Gasteiger partial charge in [0.05, 0.1) is 0 Å². The second-order valence-electron chi connectivity index (χ2n) is 7.59. The van der Waals surface area contributed by atoms with E-state index >= 15 is 0 Å². The molecular weight excluding hydrogens is 341 g/mol. The van der Waals surface area contributed by atoms with Gasteiger partial charge in [0.25, 0.3) is 0 Å². The van der Waals surface area contributed by atoms with Crippen molar-refractivity contribution >= 4 is 17.3 Å². The summed E-state index contributed by atoms with van der Waals surface area (Å²) >= 11 is 0. The molecule has 144 valence electrons. The first-order chi connectivity index (χ1) is 13.2. The molecule has 0 bridgehead atoms. The van der Waals surface area contributed by atoms with Gasteiger partial charge in [0.1, 0.15) is 23.3 Å². The number of aryl methyl sites for hydroxylation is 1. The predicted molar refractivity (Wildman–Crippen MR) is 108 cm³/mol. The largest absolute Gasteiger partial charge is 0.368 e. The summed E-state index contributed by atoms with van der Waals surface area (Å²) in [6, 6.07) is 9.39. The monoisotopic (exact) mass is 369 g/mol. The number of nitrogens with zero attached hydrogens (tertiary/aromatic N) is 4. The Hall–Kier alpha value is -2.37. The Morgan fingerprint density at radius 2 is 1.59 bits per heavy atom. The SMILES string of the molecule is Cc1nc(NC2CCCCC2)cc(N2CCN(c3ccc(F)cc3)CC2)n1. The maximum absolute atomic E-state index is 13.1. The molecule has 0 atom stereocenters. The lowest BCUT2D eigenvalue weighted by molar-refractivity contribution is 0.461. The zero-order valence-corrected chi connectivity index (χ0v) is 16.0. The maximum atomic E-state index is 13.1. The van der Waals surface area contributed by atoms with Crippen LogP contribution in [0.15, 0.2) is 30.3 Å². The van der Waals surface area contributed by atoms with Crippen molar-refractivity contribution in [3.63, 3.8) is 0 Å². The summed E-state index contributed by atoms with van der Waals surface area (Å²) in [7, 11) is 0. The summed E-state index contributed by atoms with van der Waals surface area (Å²) in [5.74, 6) is 2.57. The van der Waals surface area contributed by atoms with Gasteiger partial charge in [-0.3, -0.25) is 0 Å². The summed E-state index contributed by atoms with van der Waals surface area (Å²) in [4.78, 5) is 13.9. The van der Waals surface area contributed by atoms with E-state index in [2.05, 4.69) is 31.2 Å². The van der Waals surface area contributed by atoms with Gasteiger partial charge in [-0.1, -0.05) is 19.3 Å². The van der Waals surface area contributed by atoms with Crippen molar-refractivity contribution in [2.75, 3.05) is 41.3 Å². The zero-order valence-electron chi connectivity index (χ0n) is 16.0. The Bertz CT molecular complexity index is 750. The molecule has 0 spiro atoms. The standard InChI is InChI=1S/C21H28FN5/c1-16-23-20(25-18-5-3-2-4-6-18)15-21(24-16)27-13-11-26(12-14-27)19-9-7-17(22)8-10-19/h7-10,15,18H,2-6,11-14H2,1H3,(H,23,24,25). The van der Waals surface area contributed by atoms with Crippen molar-refractivity contribution in [3.8, 4) is 0 Å². The second-order valence-corrected chi connectivity index (χ2v) is 7.59. The minimum absolute atomic E-state index is 0.188. The van der Waals surface area contributed by atoms with E-state index in [1.165, 1.54) is 44.2 Å². The molecule has 2 fully saturated rings. The van der Waals surface area contributed by atoms with Crippen molar-refractivity contribution < 1.29 is 4.39 Å². The van der Waals surface area contributed by atoms with Crippen LogP contribution in [0.3, 0.4) is 0 Å². The van der Waals surface area contributed by atoms with Gasteiger partial charge < -0.3 is 15.1 Å². The first-order valence-electron chi connectivity index (χ1n) is 10.0. The van der Waals surface area contributed by atoms with Gasteiger partial charge in [-0.2, -0.15) is 0 Å². The number of anilines is 3. The number of hydrogen-bond acceptors (Lipinski definition) is 5. The Kier molecular flexibility index (Phi) is 5.41. The van der Waals surface area contributed by atoms with Crippen LogP contribution in [0.2, 0.25) is 0 Å². The van der Waals surface area contributed by atoms with E-state index in [0.717, 1.165) is 49.3 Å². The number of piperazine rings is 1. The third-order valence-corrected chi connectivity index (χ3v) is 5.58. The fourth-order valence-electron chi connectivity index (χ4n) is 4.09. The van der Waals surface area contributed by atoms with E-state index in [0.29, 0.717) is 6.04 Å². The molecule has 6 heteroatoms. The van der Waals surface area contributed by atoms with E-state index in [1.807, 2.05) is 19.1 Å². The molecule has 1 aliphatic heterocycles. The molecule has 1 N–H and O–H groups in total. The van der Waals surface area contributed by atoms with Crippen LogP contribution in [-0.4, -0.2) is 42.2 Å². The molecule has 2 aliphatic rings. The third-order valence-electron chi connectivity index (χ3n) is 5.58. The topological polar surface area (TPSA) is 44.3 Å². The summed E-state index contributed by atoms with van der Waals surface area (Å²) in [6.45, 7) is 5.57. The molecule has 1 saturated heterocycles. The normalized spacial score (nSPS) is 18.6. The molecule has 1 aromatic heterocycles. The lowest BCUT2D eigenvalue weighted by atomic mass is 9.95. The number of halogens is 1. The van der Waals surface area contributed by atoms with Gasteiger partial charge in [-0.25, -0.2) is 14.4 Å². The van der Waals surface area contributed by atoms with Gasteiger partial charge in [-0.05, 0) is 44.0 Å². The van der Waals surface area contributed by atoms with Crippen LogP contribution in [0.25, 0.3) is 0 Å². The highest BCUT2D eigenvalue weighted by molar-refractivity contribution is 5.53. The van der Waals surface area contributed by atoms with Gasteiger partial charge in [0.15, 0.2) is 0 Å². The molecule has 1 aromatic carbocycles. The molecule has 1 aliphatic carbocycles. The van der Waals surface area contributed by atoms with E-state index in [1.54, 1.807) is 0 Å². The van der Waals surface area contributed by atoms with Crippen LogP contribution >= 0.6 is 0 Å². The maximum Gasteiger partial charge on any atom is 0.134 e. The van der Waals surface area contributed by atoms with Gasteiger partial charge >= 0.3 is 0 Å². The Balaban J connectivity index is 1.40. The number of aromatic nitrogens is 2. The van der Waals surface area contributed by atoms with Crippen LogP contribution in [0, 0.1) is 12.7 Å². The Morgan fingerprint density at radius 1 is 0.926 bits per heavy atom. The molecule has 2 aromatic rings. The fourth-order valence-corrected chi connectivity index (χ4v) is 4.09. The fraction of sp³-hybridized carbons (Fsp3) is 0.524. The van der Waals surface area contributed by atoms with Gasteiger partial charge in [0.2, 0.25) is 0 Å². The van der Waals surface area contributed by atoms with E-state index in [4.69, 9.17) is 0 Å². The molecule has 27 heavy (non-hydrogen) atoms. The minimum Gasteiger partial charge on any atom is -0.368 e. The van der Waals surface area contributed by atoms with Crippen molar-refractivity contribution in [2.45, 2.75) is 45.1 Å². The lowest BCUT2D eigenvalue weighted by Crippen LogP contribution is -2.47. The van der Waals surface area contributed by atoms with Crippen LogP contribution < -0.4 is 15.1 Å². The summed E-state index contributed by atoms with van der Waals surface area (Å²) < 4.78 is 13.1. The van der Waals surface area contributed by atoms with Crippen LogP contribution in [-0.2, 0) is 0 Å². The van der Waals surface area contributed by atoms with Gasteiger partial charge in [0, 0.05) is 44.0 Å². The molecule has 1 saturated carbocycles. The van der Waals surface area contributed by atoms with Crippen molar-refractivity contribution in [1.29, 1.82) is 0 Å². The van der Waals surface area contributed by atoms with Crippen LogP contribution in [0.4, 0.5) is 21.7 Å². The average molecular weight is 369 g/mol. The minimum atomic E-state index is -0.188. The molecular formula is C21H28FN5. The summed E-state index contributed by atoms with van der Waals surface area (Å²) in [5.41, 5.74) is 1.08. The molecule has 0 radical (unpaired) electrons. The smallest absolute Gasteiger partial charge is 0.134 e. The van der Waals surface area contributed by atoms with E-state index < -0.39 is 0 Å². The molecule has 0 amide bonds. The zero-order chi connectivity index (χ0) is 18.6. The molecule has 5 nitrogen and oxygen atoms in total. The number of rotatable bonds is 4. The third kappa shape index (κ3) is 4.49. The molecule has 0 unspecified atom stereocenters. The first-order valence-corrected chi connectivity index (χ1v) is 10.0. The van der Waals surface area contributed by atoms with Crippen molar-refractivity contribution in [2.24, 2.45) is 0 Å². The summed E-state index contributed by atoms with van der Waals surface area (Å²) in [6.07, 6.45) is 6.42. The number of benzene rings is 1. The van der Waals surface area contributed by atoms with Crippen molar-refractivity contribution in [1.82, 2.24) is 9.97 Å². The van der Waals surface area contributed by atoms with E-state index in [9.17, 15) is 4.39 Å².